The molecule has 3 rings (SSSR count). The second-order valence-corrected chi connectivity index (χ2v) is 6.44. The summed E-state index contributed by atoms with van der Waals surface area (Å²) in [5.74, 6) is -3.35. The molecule has 0 aliphatic carbocycles. The van der Waals surface area contributed by atoms with Crippen LogP contribution in [0.3, 0.4) is 0 Å². The fraction of sp³-hybridized carbons (Fsp3) is 0.176. The van der Waals surface area contributed by atoms with Crippen LogP contribution in [0.1, 0.15) is 6.42 Å². The van der Waals surface area contributed by atoms with Crippen molar-refractivity contribution in [1.29, 1.82) is 0 Å². The van der Waals surface area contributed by atoms with Crippen LogP contribution in [-0.4, -0.2) is 18.4 Å². The van der Waals surface area contributed by atoms with Gasteiger partial charge in [-0.15, -0.1) is 0 Å². The first-order valence-corrected chi connectivity index (χ1v) is 8.12. The van der Waals surface area contributed by atoms with Crippen molar-refractivity contribution in [3.63, 3.8) is 0 Å². The normalized spacial score (nSPS) is 17.0. The number of carbonyl (C=O) groups excluding carboxylic acids is 2. The Morgan fingerprint density at radius 2 is 1.84 bits per heavy atom. The zero-order chi connectivity index (χ0) is 18.1. The lowest BCUT2D eigenvalue weighted by Gasteiger charge is -2.17. The fourth-order valence-electron chi connectivity index (χ4n) is 2.60. The second-order valence-electron chi connectivity index (χ2n) is 5.62. The molecule has 25 heavy (non-hydrogen) atoms. The van der Waals surface area contributed by atoms with Crippen molar-refractivity contribution in [3.05, 3.63) is 58.1 Å². The van der Waals surface area contributed by atoms with Gasteiger partial charge in [-0.05, 0) is 30.3 Å². The largest absolute Gasteiger partial charge is 0.326 e. The molecule has 1 aliphatic rings. The molecular formula is C17H12Cl2F2N2O2. The van der Waals surface area contributed by atoms with E-state index in [1.54, 1.807) is 18.2 Å². The van der Waals surface area contributed by atoms with Gasteiger partial charge in [-0.25, -0.2) is 8.78 Å². The monoisotopic (exact) mass is 384 g/mol. The van der Waals surface area contributed by atoms with Crippen LogP contribution >= 0.6 is 23.2 Å². The molecule has 1 atom stereocenters. The smallest absolute Gasteiger partial charge is 0.229 e. The van der Waals surface area contributed by atoms with Crippen molar-refractivity contribution >= 4 is 46.4 Å². The third-order valence-electron chi connectivity index (χ3n) is 3.90. The first-order chi connectivity index (χ1) is 11.8. The number of carbonyl (C=O) groups is 2. The van der Waals surface area contributed by atoms with E-state index in [-0.39, 0.29) is 24.6 Å². The van der Waals surface area contributed by atoms with Crippen molar-refractivity contribution in [2.75, 3.05) is 16.8 Å². The Morgan fingerprint density at radius 1 is 1.08 bits per heavy atom. The minimum Gasteiger partial charge on any atom is -0.326 e. The third-order valence-corrected chi connectivity index (χ3v) is 4.64. The van der Waals surface area contributed by atoms with Gasteiger partial charge >= 0.3 is 0 Å². The number of nitrogens with zero attached hydrogens (tertiary/aromatic N) is 1. The number of anilines is 2. The minimum absolute atomic E-state index is 0.00968. The fourth-order valence-corrected chi connectivity index (χ4v) is 2.90. The Morgan fingerprint density at radius 3 is 2.52 bits per heavy atom. The van der Waals surface area contributed by atoms with Crippen molar-refractivity contribution in [2.24, 2.45) is 5.92 Å². The van der Waals surface area contributed by atoms with Crippen LogP contribution in [0.2, 0.25) is 10.0 Å². The van der Waals surface area contributed by atoms with Gasteiger partial charge in [0, 0.05) is 30.4 Å². The van der Waals surface area contributed by atoms with Gasteiger partial charge in [-0.3, -0.25) is 9.59 Å². The zero-order valence-electron chi connectivity index (χ0n) is 12.7. The lowest BCUT2D eigenvalue weighted by Crippen LogP contribution is -2.28. The number of rotatable bonds is 3. The maximum atomic E-state index is 13.2. The van der Waals surface area contributed by atoms with E-state index in [1.165, 1.54) is 11.0 Å². The van der Waals surface area contributed by atoms with Gasteiger partial charge in [0.2, 0.25) is 11.8 Å². The summed E-state index contributed by atoms with van der Waals surface area (Å²) in [5, 5.41) is 3.17. The molecule has 2 amide bonds. The molecule has 2 aromatic carbocycles. The summed E-state index contributed by atoms with van der Waals surface area (Å²) in [6, 6.07) is 7.83. The summed E-state index contributed by atoms with van der Waals surface area (Å²) in [5.41, 5.74) is 0.673. The predicted molar refractivity (Wildman–Crippen MR) is 91.9 cm³/mol. The molecule has 8 heteroatoms. The molecule has 0 spiro atoms. The molecule has 130 valence electrons. The first-order valence-electron chi connectivity index (χ1n) is 7.36. The number of nitrogens with one attached hydrogen (secondary N) is 1. The standard InChI is InChI=1S/C17H12Cl2F2N2O2/c18-12-3-2-11(7-13(12)19)23-8-9(5-16(23)24)17(25)22-10-1-4-14(20)15(21)6-10/h1-4,6-7,9H,5,8H2,(H,22,25). The number of benzene rings is 2. The van der Waals surface area contributed by atoms with E-state index < -0.39 is 23.5 Å². The molecule has 0 aromatic heterocycles. The topological polar surface area (TPSA) is 49.4 Å². The lowest BCUT2D eigenvalue weighted by atomic mass is 10.1. The molecule has 1 unspecified atom stereocenters. The van der Waals surface area contributed by atoms with Crippen LogP contribution in [0.4, 0.5) is 20.2 Å². The Kier molecular flexibility index (Phi) is 4.92. The highest BCUT2D eigenvalue weighted by molar-refractivity contribution is 6.42. The molecule has 0 saturated carbocycles. The zero-order valence-corrected chi connectivity index (χ0v) is 14.2. The molecule has 4 nitrogen and oxygen atoms in total. The summed E-state index contributed by atoms with van der Waals surface area (Å²) >= 11 is 11.8. The van der Waals surface area contributed by atoms with Crippen molar-refractivity contribution < 1.29 is 18.4 Å². The summed E-state index contributed by atoms with van der Waals surface area (Å²) in [6.45, 7) is 0.159. The van der Waals surface area contributed by atoms with Crippen molar-refractivity contribution in [3.8, 4) is 0 Å². The average molecular weight is 385 g/mol. The molecule has 1 aliphatic heterocycles. The molecule has 0 radical (unpaired) electrons. The van der Waals surface area contributed by atoms with E-state index in [4.69, 9.17) is 23.2 Å². The molecule has 1 fully saturated rings. The van der Waals surface area contributed by atoms with Crippen LogP contribution in [0.5, 0.6) is 0 Å². The highest BCUT2D eigenvalue weighted by atomic mass is 35.5. The van der Waals surface area contributed by atoms with Gasteiger partial charge in [0.25, 0.3) is 0 Å². The maximum Gasteiger partial charge on any atom is 0.229 e. The van der Waals surface area contributed by atoms with Gasteiger partial charge < -0.3 is 10.2 Å². The van der Waals surface area contributed by atoms with Gasteiger partial charge in [0.05, 0.1) is 16.0 Å². The Balaban J connectivity index is 1.71. The average Bonchev–Trinajstić information content (AvgIpc) is 2.95. The van der Waals surface area contributed by atoms with E-state index in [1.807, 2.05) is 0 Å². The number of halogens is 4. The van der Waals surface area contributed by atoms with Crippen molar-refractivity contribution in [1.82, 2.24) is 0 Å². The summed E-state index contributed by atoms with van der Waals surface area (Å²) in [4.78, 5) is 25.9. The molecule has 0 bridgehead atoms. The van der Waals surface area contributed by atoms with Crippen LogP contribution in [-0.2, 0) is 9.59 Å². The molecule has 1 N–H and O–H groups in total. The Hall–Kier alpha value is -2.18. The summed E-state index contributed by atoms with van der Waals surface area (Å²) in [7, 11) is 0. The Bertz CT molecular complexity index is 861. The van der Waals surface area contributed by atoms with E-state index in [2.05, 4.69) is 5.32 Å². The summed E-state index contributed by atoms with van der Waals surface area (Å²) < 4.78 is 26.1. The first kappa shape index (κ1) is 17.6. The van der Waals surface area contributed by atoms with Crippen LogP contribution in [0.25, 0.3) is 0 Å². The lowest BCUT2D eigenvalue weighted by molar-refractivity contribution is -0.122. The number of amides is 2. The van der Waals surface area contributed by atoms with E-state index >= 15 is 0 Å². The van der Waals surface area contributed by atoms with Crippen molar-refractivity contribution in [2.45, 2.75) is 6.42 Å². The molecule has 1 heterocycles. The highest BCUT2D eigenvalue weighted by Gasteiger charge is 2.35. The van der Waals surface area contributed by atoms with E-state index in [9.17, 15) is 18.4 Å². The molecular weight excluding hydrogens is 373 g/mol. The molecule has 1 saturated heterocycles. The van der Waals surface area contributed by atoms with Gasteiger partial charge in [-0.1, -0.05) is 23.2 Å². The van der Waals surface area contributed by atoms with Crippen LogP contribution in [0.15, 0.2) is 36.4 Å². The number of hydrogen-bond donors (Lipinski definition) is 1. The Labute approximate surface area is 152 Å². The van der Waals surface area contributed by atoms with Gasteiger partial charge in [0.15, 0.2) is 11.6 Å². The number of hydrogen-bond acceptors (Lipinski definition) is 2. The maximum absolute atomic E-state index is 13.2. The van der Waals surface area contributed by atoms with E-state index in [0.717, 1.165) is 12.1 Å². The SMILES string of the molecule is O=C(Nc1ccc(F)c(F)c1)C1CC(=O)N(c2ccc(Cl)c(Cl)c2)C1. The highest BCUT2D eigenvalue weighted by Crippen LogP contribution is 2.31. The van der Waals surface area contributed by atoms with Gasteiger partial charge in [0.1, 0.15) is 0 Å². The van der Waals surface area contributed by atoms with E-state index in [0.29, 0.717) is 15.7 Å². The third kappa shape index (κ3) is 3.75. The van der Waals surface area contributed by atoms with Crippen LogP contribution in [0, 0.1) is 17.6 Å². The minimum atomic E-state index is -1.06. The quantitative estimate of drug-likeness (QED) is 0.858. The summed E-state index contributed by atoms with van der Waals surface area (Å²) in [6.07, 6.45) is 0.00968. The predicted octanol–water partition coefficient (Wildman–Crippen LogP) is 4.26. The molecule has 2 aromatic rings. The van der Waals surface area contributed by atoms with Crippen LogP contribution < -0.4 is 10.2 Å². The second kappa shape index (κ2) is 6.98. The van der Waals surface area contributed by atoms with Gasteiger partial charge in [-0.2, -0.15) is 0 Å².